The summed E-state index contributed by atoms with van der Waals surface area (Å²) in [4.78, 5) is 34.9. The Balaban J connectivity index is 1.53. The Bertz CT molecular complexity index is 1340. The van der Waals surface area contributed by atoms with Gasteiger partial charge in [-0.2, -0.15) is 0 Å². The molecule has 1 fully saturated rings. The Kier molecular flexibility index (Phi) is 6.95. The fraction of sp³-hybridized carbons (Fsp3) is 0.419. The van der Waals surface area contributed by atoms with Gasteiger partial charge in [0.05, 0.1) is 17.4 Å². The predicted octanol–water partition coefficient (Wildman–Crippen LogP) is 5.88. The molecular weight excluding hydrogens is 462 g/mol. The molecule has 0 unspecified atom stereocenters. The van der Waals surface area contributed by atoms with Crippen LogP contribution < -0.4 is 0 Å². The number of aromatic amines is 1. The molecule has 6 heteroatoms. The Morgan fingerprint density at radius 1 is 1.03 bits per heavy atom. The molecule has 0 radical (unpaired) electrons. The van der Waals surface area contributed by atoms with Gasteiger partial charge in [-0.1, -0.05) is 50.6 Å². The summed E-state index contributed by atoms with van der Waals surface area (Å²) in [6.45, 7) is 11.4. The summed E-state index contributed by atoms with van der Waals surface area (Å²) in [6.07, 6.45) is 5.18. The van der Waals surface area contributed by atoms with Crippen molar-refractivity contribution in [3.05, 3.63) is 77.1 Å². The van der Waals surface area contributed by atoms with Crippen molar-refractivity contribution >= 4 is 28.4 Å². The molecule has 2 aliphatic heterocycles. The van der Waals surface area contributed by atoms with Gasteiger partial charge >= 0.3 is 5.97 Å². The van der Waals surface area contributed by atoms with Gasteiger partial charge in [-0.3, -0.25) is 9.69 Å². The van der Waals surface area contributed by atoms with Crippen LogP contribution in [0.25, 0.3) is 16.5 Å². The third-order valence-corrected chi connectivity index (χ3v) is 7.36. The highest BCUT2D eigenvalue weighted by atomic mass is 16.5. The molecule has 2 aromatic carbocycles. The van der Waals surface area contributed by atoms with Gasteiger partial charge < -0.3 is 14.6 Å². The molecule has 0 atom stereocenters. The lowest BCUT2D eigenvalue weighted by atomic mass is 9.81. The number of hydrogen-bond donors (Lipinski definition) is 1. The molecule has 3 aromatic rings. The molecule has 1 amide bonds. The summed E-state index contributed by atoms with van der Waals surface area (Å²) in [5, 5.41) is 1.06. The summed E-state index contributed by atoms with van der Waals surface area (Å²) in [5.41, 5.74) is 4.47. The van der Waals surface area contributed by atoms with Crippen molar-refractivity contribution in [2.45, 2.75) is 65.0 Å². The van der Waals surface area contributed by atoms with E-state index in [9.17, 15) is 9.59 Å². The van der Waals surface area contributed by atoms with Crippen LogP contribution in [0.3, 0.4) is 0 Å². The molecular formula is C31H37N3O3. The first-order valence-electron chi connectivity index (χ1n) is 13.4. The second kappa shape index (κ2) is 10.2. The van der Waals surface area contributed by atoms with Crippen LogP contribution in [-0.2, 0) is 21.5 Å². The molecule has 0 spiro atoms. The summed E-state index contributed by atoms with van der Waals surface area (Å²) in [5.74, 6) is -0.546. The van der Waals surface area contributed by atoms with E-state index in [-0.39, 0.29) is 12.0 Å². The number of carbonyl (C=O) groups is 2. The molecule has 1 aromatic heterocycles. The highest BCUT2D eigenvalue weighted by Crippen LogP contribution is 2.40. The first-order valence-corrected chi connectivity index (χ1v) is 13.4. The van der Waals surface area contributed by atoms with E-state index in [1.54, 1.807) is 11.1 Å². The largest absolute Gasteiger partial charge is 0.459 e. The smallest absolute Gasteiger partial charge is 0.342 e. The molecule has 37 heavy (non-hydrogen) atoms. The Labute approximate surface area is 219 Å². The Morgan fingerprint density at radius 3 is 2.54 bits per heavy atom. The second-order valence-electron chi connectivity index (χ2n) is 11.3. The fourth-order valence-electron chi connectivity index (χ4n) is 5.72. The maximum atomic E-state index is 13.9. The van der Waals surface area contributed by atoms with Gasteiger partial charge in [0.25, 0.3) is 5.91 Å². The molecule has 3 heterocycles. The van der Waals surface area contributed by atoms with Crippen LogP contribution in [0.2, 0.25) is 0 Å². The van der Waals surface area contributed by atoms with Crippen molar-refractivity contribution in [3.8, 4) is 0 Å². The molecule has 1 saturated heterocycles. The van der Waals surface area contributed by atoms with E-state index < -0.39 is 11.4 Å². The van der Waals surface area contributed by atoms with Crippen molar-refractivity contribution in [2.24, 2.45) is 0 Å². The summed E-state index contributed by atoms with van der Waals surface area (Å²) < 4.78 is 5.63. The average Bonchev–Trinajstić information content (AvgIpc) is 3.21. The number of piperidine rings is 1. The van der Waals surface area contributed by atoms with Gasteiger partial charge in [0.1, 0.15) is 0 Å². The van der Waals surface area contributed by atoms with E-state index in [0.29, 0.717) is 17.7 Å². The quantitative estimate of drug-likeness (QED) is 0.445. The van der Waals surface area contributed by atoms with Gasteiger partial charge in [-0.25, -0.2) is 4.79 Å². The van der Waals surface area contributed by atoms with Crippen molar-refractivity contribution in [3.63, 3.8) is 0 Å². The number of rotatable bonds is 5. The molecule has 6 nitrogen and oxygen atoms in total. The number of benzene rings is 2. The van der Waals surface area contributed by atoms with Gasteiger partial charge in [0, 0.05) is 41.2 Å². The lowest BCUT2D eigenvalue weighted by Gasteiger charge is -2.30. The maximum absolute atomic E-state index is 13.9. The number of hydrogen-bond acceptors (Lipinski definition) is 4. The highest BCUT2D eigenvalue weighted by molar-refractivity contribution is 6.18. The maximum Gasteiger partial charge on any atom is 0.342 e. The van der Waals surface area contributed by atoms with E-state index in [4.69, 9.17) is 4.74 Å². The van der Waals surface area contributed by atoms with E-state index in [2.05, 4.69) is 35.9 Å². The Morgan fingerprint density at radius 2 is 1.78 bits per heavy atom. The van der Waals surface area contributed by atoms with Gasteiger partial charge in [0.2, 0.25) is 0 Å². The summed E-state index contributed by atoms with van der Waals surface area (Å²) in [6, 6.07) is 16.0. The zero-order valence-electron chi connectivity index (χ0n) is 22.3. The van der Waals surface area contributed by atoms with Crippen molar-refractivity contribution in [1.82, 2.24) is 14.8 Å². The van der Waals surface area contributed by atoms with Crippen molar-refractivity contribution < 1.29 is 14.3 Å². The van der Waals surface area contributed by atoms with Gasteiger partial charge in [-0.05, 0) is 69.1 Å². The van der Waals surface area contributed by atoms with Crippen LogP contribution in [0, 0.1) is 0 Å². The number of ether oxygens (including phenoxy) is 1. The minimum Gasteiger partial charge on any atom is -0.459 e. The third-order valence-electron chi connectivity index (χ3n) is 7.36. The number of aromatic nitrogens is 1. The van der Waals surface area contributed by atoms with Crippen LogP contribution >= 0.6 is 0 Å². The van der Waals surface area contributed by atoms with Crippen LogP contribution in [-0.4, -0.2) is 52.4 Å². The van der Waals surface area contributed by atoms with Crippen molar-refractivity contribution in [1.29, 1.82) is 0 Å². The minimum absolute atomic E-state index is 0.113. The fourth-order valence-corrected chi connectivity index (χ4v) is 5.72. The van der Waals surface area contributed by atoms with E-state index >= 15 is 0 Å². The number of para-hydroxylation sites is 1. The number of esters is 1. The number of amides is 1. The monoisotopic (exact) mass is 499 g/mol. The Hall–Kier alpha value is -3.38. The standard InChI is InChI=1S/C31H37N3O3/c1-21(2)37-30(36)25-19-34(20-31(3,4)27-24-13-6-7-14-26(24)32-28(25)27)29(35)23-12-10-11-22(17-23)18-33-15-8-5-9-16-33/h6-7,10-14,17,19,21,32H,5,8-9,15-16,18,20H2,1-4H3. The lowest BCUT2D eigenvalue weighted by molar-refractivity contribution is -0.140. The zero-order valence-corrected chi connectivity index (χ0v) is 22.3. The van der Waals surface area contributed by atoms with Crippen LogP contribution in [0.1, 0.15) is 74.1 Å². The minimum atomic E-state index is -0.433. The number of nitrogens with one attached hydrogen (secondary N) is 1. The number of likely N-dealkylation sites (tertiary alicyclic amines) is 1. The zero-order chi connectivity index (χ0) is 26.2. The number of H-pyrrole nitrogens is 1. The number of nitrogens with zero attached hydrogens (tertiary/aromatic N) is 2. The van der Waals surface area contributed by atoms with E-state index in [1.165, 1.54) is 19.3 Å². The van der Waals surface area contributed by atoms with Gasteiger partial charge in [0.15, 0.2) is 0 Å². The van der Waals surface area contributed by atoms with Crippen molar-refractivity contribution in [2.75, 3.05) is 19.6 Å². The molecule has 5 rings (SSSR count). The lowest BCUT2D eigenvalue weighted by Crippen LogP contribution is -2.37. The first-order chi connectivity index (χ1) is 17.7. The average molecular weight is 500 g/mol. The second-order valence-corrected chi connectivity index (χ2v) is 11.3. The summed E-state index contributed by atoms with van der Waals surface area (Å²) >= 11 is 0. The first kappa shape index (κ1) is 25.3. The number of carbonyl (C=O) groups excluding carboxylic acids is 2. The van der Waals surface area contributed by atoms with Crippen LogP contribution in [0.4, 0.5) is 0 Å². The molecule has 0 bridgehead atoms. The molecule has 0 saturated carbocycles. The van der Waals surface area contributed by atoms with Gasteiger partial charge in [-0.15, -0.1) is 0 Å². The van der Waals surface area contributed by atoms with Crippen LogP contribution in [0.5, 0.6) is 0 Å². The summed E-state index contributed by atoms with van der Waals surface area (Å²) in [7, 11) is 0. The SMILES string of the molecule is CC(C)OC(=O)C1=CN(C(=O)c2cccc(CN3CCCCC3)c2)CC(C)(C)c2c1[nH]c1ccccc21. The highest BCUT2D eigenvalue weighted by Gasteiger charge is 2.37. The third kappa shape index (κ3) is 5.21. The molecule has 1 N–H and O–H groups in total. The molecule has 2 aliphatic rings. The number of fused-ring (bicyclic) bond motifs is 3. The predicted molar refractivity (Wildman–Crippen MR) is 147 cm³/mol. The van der Waals surface area contributed by atoms with E-state index in [1.807, 2.05) is 50.2 Å². The van der Waals surface area contributed by atoms with Crippen LogP contribution in [0.15, 0.2) is 54.7 Å². The molecule has 0 aliphatic carbocycles. The molecule has 194 valence electrons. The topological polar surface area (TPSA) is 65.6 Å². The van der Waals surface area contributed by atoms with E-state index in [0.717, 1.165) is 47.4 Å². The normalized spacial score (nSPS) is 17.9.